The number of carbonyl (C=O) groups is 2. The quantitative estimate of drug-likeness (QED) is 0.507. The Morgan fingerprint density at radius 3 is 2.06 bits per heavy atom. The molecule has 1 amide bonds. The van der Waals surface area contributed by atoms with Crippen molar-refractivity contribution >= 4 is 23.3 Å². The molecule has 0 aromatic heterocycles. The molecule has 0 atom stereocenters. The molecular formula is C26H32ClNO4. The highest BCUT2D eigenvalue weighted by Crippen LogP contribution is 2.27. The molecule has 1 aliphatic carbocycles. The molecule has 3 rings (SSSR count). The molecule has 6 heteroatoms. The first kappa shape index (κ1) is 24.1. The van der Waals surface area contributed by atoms with Gasteiger partial charge in [-0.15, -0.1) is 0 Å². The van der Waals surface area contributed by atoms with E-state index >= 15 is 0 Å². The molecule has 1 fully saturated rings. The van der Waals surface area contributed by atoms with Gasteiger partial charge in [-0.1, -0.05) is 37.6 Å². The van der Waals surface area contributed by atoms with Crippen LogP contribution in [0.15, 0.2) is 48.5 Å². The fourth-order valence-corrected chi connectivity index (χ4v) is 4.08. The van der Waals surface area contributed by atoms with Crippen molar-refractivity contribution in [1.29, 1.82) is 0 Å². The Labute approximate surface area is 195 Å². The predicted molar refractivity (Wildman–Crippen MR) is 126 cm³/mol. The number of hydrogen-bond donors (Lipinski definition) is 1. The van der Waals surface area contributed by atoms with Gasteiger partial charge in [-0.2, -0.15) is 0 Å². The normalized spacial score (nSPS) is 18.2. The molecule has 0 aliphatic heterocycles. The number of ether oxygens (including phenoxy) is 2. The molecule has 1 N–H and O–H groups in total. The standard InChI is InChI=1S/C26H32ClNO4/c1-18(2)20-5-11-24(12-6-20)31-16-23(29)15-19-3-9-22(10-4-19)28-26(30)17-32-25-13-7-21(27)8-14-25/h5-8,11-14,18-19,22H,3-4,9-10,15-17H2,1-2H3,(H,28,30). The minimum absolute atomic E-state index is 0.0183. The van der Waals surface area contributed by atoms with Crippen LogP contribution in [0.3, 0.4) is 0 Å². The van der Waals surface area contributed by atoms with E-state index in [0.29, 0.717) is 29.0 Å². The zero-order chi connectivity index (χ0) is 22.9. The van der Waals surface area contributed by atoms with Crippen LogP contribution >= 0.6 is 11.6 Å². The number of ketones is 1. The summed E-state index contributed by atoms with van der Waals surface area (Å²) in [6, 6.07) is 15.0. The lowest BCUT2D eigenvalue weighted by atomic mass is 9.83. The summed E-state index contributed by atoms with van der Waals surface area (Å²) in [5, 5.41) is 3.66. The van der Waals surface area contributed by atoms with Gasteiger partial charge in [0, 0.05) is 17.5 Å². The predicted octanol–water partition coefficient (Wildman–Crippen LogP) is 5.56. The van der Waals surface area contributed by atoms with Gasteiger partial charge in [0.2, 0.25) is 0 Å². The molecule has 0 saturated heterocycles. The Bertz CT molecular complexity index is 872. The van der Waals surface area contributed by atoms with E-state index in [1.807, 2.05) is 24.3 Å². The number of amides is 1. The number of nitrogens with one attached hydrogen (secondary N) is 1. The molecule has 0 radical (unpaired) electrons. The van der Waals surface area contributed by atoms with E-state index < -0.39 is 0 Å². The van der Waals surface area contributed by atoms with Crippen LogP contribution < -0.4 is 14.8 Å². The topological polar surface area (TPSA) is 64.6 Å². The van der Waals surface area contributed by atoms with Crippen LogP contribution in [0.1, 0.15) is 57.4 Å². The lowest BCUT2D eigenvalue weighted by Crippen LogP contribution is -2.40. The second-order valence-electron chi connectivity index (χ2n) is 8.78. The Hall–Kier alpha value is -2.53. The number of benzene rings is 2. The van der Waals surface area contributed by atoms with Crippen molar-refractivity contribution in [3.8, 4) is 11.5 Å². The summed E-state index contributed by atoms with van der Waals surface area (Å²) in [6.45, 7) is 4.39. The van der Waals surface area contributed by atoms with E-state index in [1.54, 1.807) is 24.3 Å². The zero-order valence-electron chi connectivity index (χ0n) is 18.8. The fourth-order valence-electron chi connectivity index (χ4n) is 3.95. The number of halogens is 1. The van der Waals surface area contributed by atoms with E-state index in [1.165, 1.54) is 5.56 Å². The summed E-state index contributed by atoms with van der Waals surface area (Å²) in [7, 11) is 0. The maximum absolute atomic E-state index is 12.3. The third kappa shape index (κ3) is 7.86. The maximum atomic E-state index is 12.3. The average molecular weight is 458 g/mol. The summed E-state index contributed by atoms with van der Waals surface area (Å²) in [4.78, 5) is 24.5. The van der Waals surface area contributed by atoms with Crippen LogP contribution in [0, 0.1) is 5.92 Å². The van der Waals surface area contributed by atoms with Crippen molar-refractivity contribution in [2.75, 3.05) is 13.2 Å². The van der Waals surface area contributed by atoms with Gasteiger partial charge in [-0.25, -0.2) is 0 Å². The van der Waals surface area contributed by atoms with Crippen molar-refractivity contribution in [2.24, 2.45) is 5.92 Å². The first-order valence-corrected chi connectivity index (χ1v) is 11.7. The fraction of sp³-hybridized carbons (Fsp3) is 0.462. The third-order valence-corrected chi connectivity index (χ3v) is 6.11. The van der Waals surface area contributed by atoms with Gasteiger partial charge in [-0.05, 0) is 79.5 Å². The molecule has 32 heavy (non-hydrogen) atoms. The molecule has 0 heterocycles. The van der Waals surface area contributed by atoms with Crippen LogP contribution in [0.4, 0.5) is 0 Å². The summed E-state index contributed by atoms with van der Waals surface area (Å²) >= 11 is 5.84. The van der Waals surface area contributed by atoms with Gasteiger partial charge >= 0.3 is 0 Å². The lowest BCUT2D eigenvalue weighted by molar-refractivity contribution is -0.125. The van der Waals surface area contributed by atoms with Gasteiger partial charge in [0.1, 0.15) is 18.1 Å². The maximum Gasteiger partial charge on any atom is 0.258 e. The molecular weight excluding hydrogens is 426 g/mol. The monoisotopic (exact) mass is 457 g/mol. The molecule has 0 unspecified atom stereocenters. The van der Waals surface area contributed by atoms with Crippen LogP contribution in [0.5, 0.6) is 11.5 Å². The van der Waals surface area contributed by atoms with E-state index in [4.69, 9.17) is 21.1 Å². The Morgan fingerprint density at radius 2 is 1.47 bits per heavy atom. The number of carbonyl (C=O) groups excluding carboxylic acids is 2. The molecule has 0 bridgehead atoms. The number of Topliss-reactive ketones (excluding diaryl/α,β-unsaturated/α-hetero) is 1. The van der Waals surface area contributed by atoms with Gasteiger partial charge in [0.25, 0.3) is 5.91 Å². The molecule has 1 aliphatic rings. The molecule has 1 saturated carbocycles. The highest BCUT2D eigenvalue weighted by atomic mass is 35.5. The summed E-state index contributed by atoms with van der Waals surface area (Å²) in [5.74, 6) is 2.17. The highest BCUT2D eigenvalue weighted by molar-refractivity contribution is 6.30. The lowest BCUT2D eigenvalue weighted by Gasteiger charge is -2.28. The Balaban J connectivity index is 1.31. The van der Waals surface area contributed by atoms with Gasteiger partial charge in [-0.3, -0.25) is 9.59 Å². The molecule has 2 aromatic rings. The molecule has 2 aromatic carbocycles. The van der Waals surface area contributed by atoms with E-state index in [0.717, 1.165) is 31.4 Å². The molecule has 5 nitrogen and oxygen atoms in total. The second-order valence-corrected chi connectivity index (χ2v) is 9.22. The van der Waals surface area contributed by atoms with Crippen molar-refractivity contribution in [3.05, 3.63) is 59.1 Å². The van der Waals surface area contributed by atoms with Crippen molar-refractivity contribution in [3.63, 3.8) is 0 Å². The van der Waals surface area contributed by atoms with Crippen LogP contribution in [0.2, 0.25) is 5.02 Å². The van der Waals surface area contributed by atoms with Crippen LogP contribution in [-0.4, -0.2) is 30.9 Å². The van der Waals surface area contributed by atoms with E-state index in [-0.39, 0.29) is 30.9 Å². The number of rotatable bonds is 10. The highest BCUT2D eigenvalue weighted by Gasteiger charge is 2.24. The summed E-state index contributed by atoms with van der Waals surface area (Å²) in [5.41, 5.74) is 1.25. The summed E-state index contributed by atoms with van der Waals surface area (Å²) in [6.07, 6.45) is 4.14. The smallest absolute Gasteiger partial charge is 0.258 e. The first-order valence-electron chi connectivity index (χ1n) is 11.3. The van der Waals surface area contributed by atoms with Crippen LogP contribution in [-0.2, 0) is 9.59 Å². The van der Waals surface area contributed by atoms with Crippen molar-refractivity contribution in [2.45, 2.75) is 57.9 Å². The van der Waals surface area contributed by atoms with Gasteiger partial charge < -0.3 is 14.8 Å². The first-order chi connectivity index (χ1) is 15.4. The third-order valence-electron chi connectivity index (χ3n) is 5.86. The minimum atomic E-state index is -0.128. The second kappa shape index (κ2) is 11.9. The SMILES string of the molecule is CC(C)c1ccc(OCC(=O)CC2CCC(NC(=O)COc3ccc(Cl)cc3)CC2)cc1. The van der Waals surface area contributed by atoms with Gasteiger partial charge in [0.05, 0.1) is 0 Å². The van der Waals surface area contributed by atoms with E-state index in [2.05, 4.69) is 19.2 Å². The van der Waals surface area contributed by atoms with Crippen LogP contribution in [0.25, 0.3) is 0 Å². The zero-order valence-corrected chi connectivity index (χ0v) is 19.6. The average Bonchev–Trinajstić information content (AvgIpc) is 2.79. The Kier molecular flexibility index (Phi) is 8.98. The van der Waals surface area contributed by atoms with Crippen molar-refractivity contribution < 1.29 is 19.1 Å². The van der Waals surface area contributed by atoms with E-state index in [9.17, 15) is 9.59 Å². The molecule has 0 spiro atoms. The minimum Gasteiger partial charge on any atom is -0.486 e. The number of hydrogen-bond acceptors (Lipinski definition) is 4. The molecule has 172 valence electrons. The summed E-state index contributed by atoms with van der Waals surface area (Å²) < 4.78 is 11.2. The van der Waals surface area contributed by atoms with Gasteiger partial charge in [0.15, 0.2) is 12.4 Å². The Morgan fingerprint density at radius 1 is 0.906 bits per heavy atom. The van der Waals surface area contributed by atoms with Crippen molar-refractivity contribution in [1.82, 2.24) is 5.32 Å². The largest absolute Gasteiger partial charge is 0.486 e.